The van der Waals surface area contributed by atoms with Gasteiger partial charge in [-0.1, -0.05) is 103 Å². The van der Waals surface area contributed by atoms with Gasteiger partial charge >= 0.3 is 23.9 Å². The van der Waals surface area contributed by atoms with Crippen molar-refractivity contribution in [3.8, 4) is 0 Å². The van der Waals surface area contributed by atoms with Crippen LogP contribution in [0.15, 0.2) is 157 Å². The Bertz CT molecular complexity index is 1870. The van der Waals surface area contributed by atoms with Crippen LogP contribution in [0.4, 0.5) is 0 Å². The van der Waals surface area contributed by atoms with Gasteiger partial charge in [0.25, 0.3) is 0 Å². The van der Waals surface area contributed by atoms with Crippen molar-refractivity contribution in [3.05, 3.63) is 174 Å². The fourth-order valence-electron chi connectivity index (χ4n) is 5.26. The average molecular weight is 689 g/mol. The second kappa shape index (κ2) is 16.6. The van der Waals surface area contributed by atoms with Crippen LogP contribution in [-0.2, 0) is 23.7 Å². The lowest BCUT2D eigenvalue weighted by molar-refractivity contribution is -0.207. The molecule has 0 bridgehead atoms. The predicted molar refractivity (Wildman–Crippen MR) is 185 cm³/mol. The normalized spacial score (nSPS) is 19.8. The molecule has 0 saturated carbocycles. The maximum Gasteiger partial charge on any atom is 0.338 e. The van der Waals surface area contributed by atoms with Crippen LogP contribution in [0.25, 0.3) is 0 Å². The summed E-state index contributed by atoms with van der Waals surface area (Å²) >= 11 is 1.22. The number of esters is 4. The van der Waals surface area contributed by atoms with Crippen molar-refractivity contribution in [1.82, 2.24) is 0 Å². The Morgan fingerprint density at radius 1 is 0.460 bits per heavy atom. The SMILES string of the molecule is O=C(OC[C@H]1OC(Sc2ccccc2)[C@H](OC(=O)c2ccccc2)[C@@H](OC(=O)c2ccccc2)[C@@H]1OC(=O)c1ccccc1)c1ccccc1. The number of carbonyl (C=O) groups excluding carboxylic acids is 4. The molecule has 0 amide bonds. The lowest BCUT2D eigenvalue weighted by atomic mass is 9.98. The Morgan fingerprint density at radius 3 is 1.26 bits per heavy atom. The lowest BCUT2D eigenvalue weighted by Gasteiger charge is -2.44. The summed E-state index contributed by atoms with van der Waals surface area (Å²) in [6, 6.07) is 42.5. The topological polar surface area (TPSA) is 114 Å². The third-order valence-corrected chi connectivity index (χ3v) is 8.89. The third-order valence-electron chi connectivity index (χ3n) is 7.73. The summed E-state index contributed by atoms with van der Waals surface area (Å²) in [6.07, 6.45) is -5.24. The molecule has 1 aliphatic rings. The quantitative estimate of drug-likeness (QED) is 0.106. The fourth-order valence-corrected chi connectivity index (χ4v) is 6.38. The molecular formula is C40H32O9S. The van der Waals surface area contributed by atoms with Gasteiger partial charge in [-0.25, -0.2) is 19.2 Å². The molecule has 0 aromatic heterocycles. The van der Waals surface area contributed by atoms with E-state index in [-0.39, 0.29) is 23.3 Å². The van der Waals surface area contributed by atoms with Crippen LogP contribution < -0.4 is 0 Å². The highest BCUT2D eigenvalue weighted by Gasteiger charge is 2.53. The number of benzene rings is 5. The minimum Gasteiger partial charge on any atom is -0.459 e. The molecule has 5 aromatic carbocycles. The zero-order chi connectivity index (χ0) is 34.7. The van der Waals surface area contributed by atoms with Crippen LogP contribution >= 0.6 is 11.8 Å². The van der Waals surface area contributed by atoms with Crippen LogP contribution in [-0.4, -0.2) is 60.3 Å². The van der Waals surface area contributed by atoms with E-state index in [4.69, 9.17) is 23.7 Å². The van der Waals surface area contributed by atoms with E-state index < -0.39 is 53.7 Å². The van der Waals surface area contributed by atoms with Crippen LogP contribution in [0, 0.1) is 0 Å². The Balaban J connectivity index is 1.41. The maximum absolute atomic E-state index is 13.7. The predicted octanol–water partition coefficient (Wildman–Crippen LogP) is 7.04. The molecule has 0 aliphatic carbocycles. The summed E-state index contributed by atoms with van der Waals surface area (Å²) in [5.41, 5.74) is -0.0106. The first-order valence-electron chi connectivity index (χ1n) is 15.8. The van der Waals surface area contributed by atoms with Crippen molar-refractivity contribution in [3.63, 3.8) is 0 Å². The highest BCUT2D eigenvalue weighted by atomic mass is 32.2. The monoisotopic (exact) mass is 688 g/mol. The Labute approximate surface area is 293 Å². The molecule has 0 spiro atoms. The summed E-state index contributed by atoms with van der Waals surface area (Å²) in [6.45, 7) is -0.384. The molecule has 1 aliphatic heterocycles. The van der Waals surface area contributed by atoms with Gasteiger partial charge in [0, 0.05) is 4.90 Å². The summed E-state index contributed by atoms with van der Waals surface area (Å²) < 4.78 is 30.5. The van der Waals surface area contributed by atoms with Gasteiger partial charge in [-0.2, -0.15) is 0 Å². The number of carbonyl (C=O) groups is 4. The summed E-state index contributed by atoms with van der Waals surface area (Å²) in [7, 11) is 0. The Kier molecular flexibility index (Phi) is 11.3. The molecule has 1 fully saturated rings. The molecule has 1 unspecified atom stereocenters. The van der Waals surface area contributed by atoms with Gasteiger partial charge in [-0.3, -0.25) is 0 Å². The van der Waals surface area contributed by atoms with E-state index in [1.165, 1.54) is 11.8 Å². The lowest BCUT2D eigenvalue weighted by Crippen LogP contribution is -2.61. The first-order chi connectivity index (χ1) is 24.5. The minimum absolute atomic E-state index is 0.222. The maximum atomic E-state index is 13.7. The smallest absolute Gasteiger partial charge is 0.338 e. The molecule has 50 heavy (non-hydrogen) atoms. The summed E-state index contributed by atoms with van der Waals surface area (Å²) in [5.74, 6) is -2.84. The molecule has 6 rings (SSSR count). The van der Waals surface area contributed by atoms with Crippen LogP contribution in [0.1, 0.15) is 41.4 Å². The van der Waals surface area contributed by atoms with Gasteiger partial charge in [0.05, 0.1) is 22.3 Å². The largest absolute Gasteiger partial charge is 0.459 e. The van der Waals surface area contributed by atoms with E-state index in [1.54, 1.807) is 121 Å². The molecule has 5 aromatic rings. The Hall–Kier alpha value is -5.71. The molecule has 10 heteroatoms. The van der Waals surface area contributed by atoms with Gasteiger partial charge in [0.2, 0.25) is 0 Å². The second-order valence-electron chi connectivity index (χ2n) is 11.1. The van der Waals surface area contributed by atoms with Crippen molar-refractivity contribution < 1.29 is 42.9 Å². The molecule has 0 radical (unpaired) electrons. The molecule has 0 N–H and O–H groups in total. The van der Waals surface area contributed by atoms with E-state index in [9.17, 15) is 19.2 Å². The van der Waals surface area contributed by atoms with E-state index in [2.05, 4.69) is 0 Å². The van der Waals surface area contributed by atoms with E-state index >= 15 is 0 Å². The summed E-state index contributed by atoms with van der Waals surface area (Å²) in [5, 5.41) is 0. The molecular weight excluding hydrogens is 656 g/mol. The van der Waals surface area contributed by atoms with Crippen LogP contribution in [0.3, 0.4) is 0 Å². The fraction of sp³-hybridized carbons (Fsp3) is 0.150. The first kappa shape index (κ1) is 34.2. The molecule has 9 nitrogen and oxygen atoms in total. The van der Waals surface area contributed by atoms with Crippen molar-refractivity contribution in [2.75, 3.05) is 6.61 Å². The minimum atomic E-state index is -1.40. The number of thioether (sulfide) groups is 1. The van der Waals surface area contributed by atoms with E-state index in [1.807, 2.05) is 30.3 Å². The van der Waals surface area contributed by atoms with Crippen LogP contribution in [0.5, 0.6) is 0 Å². The number of ether oxygens (including phenoxy) is 5. The van der Waals surface area contributed by atoms with Gasteiger partial charge in [-0.15, -0.1) is 0 Å². The molecule has 1 saturated heterocycles. The molecule has 252 valence electrons. The van der Waals surface area contributed by atoms with E-state index in [0.29, 0.717) is 5.56 Å². The number of hydrogen-bond acceptors (Lipinski definition) is 10. The standard InChI is InChI=1S/C40H32O9S/c41-36(27-16-6-1-7-17-27)45-26-32-33(47-37(42)28-18-8-2-9-19-28)34(48-38(43)29-20-10-3-11-21-29)35(49-39(44)30-22-12-4-13-23-30)40(46-32)50-31-24-14-5-15-25-31/h1-25,32-35,40H,26H2/t32-,33-,34+,35-,40?/m1/s1. The van der Waals surface area contributed by atoms with Crippen molar-refractivity contribution >= 4 is 35.6 Å². The molecule has 1 heterocycles. The molecule has 5 atom stereocenters. The number of hydrogen-bond donors (Lipinski definition) is 0. The highest BCUT2D eigenvalue weighted by molar-refractivity contribution is 7.99. The van der Waals surface area contributed by atoms with Crippen molar-refractivity contribution in [2.45, 2.75) is 34.7 Å². The zero-order valence-corrected chi connectivity index (χ0v) is 27.4. The van der Waals surface area contributed by atoms with Gasteiger partial charge < -0.3 is 23.7 Å². The van der Waals surface area contributed by atoms with E-state index in [0.717, 1.165) is 4.90 Å². The van der Waals surface area contributed by atoms with Gasteiger partial charge in [-0.05, 0) is 60.7 Å². The van der Waals surface area contributed by atoms with Crippen molar-refractivity contribution in [1.29, 1.82) is 0 Å². The van der Waals surface area contributed by atoms with Gasteiger partial charge in [0.1, 0.15) is 18.1 Å². The zero-order valence-electron chi connectivity index (χ0n) is 26.6. The highest BCUT2D eigenvalue weighted by Crippen LogP contribution is 2.38. The van der Waals surface area contributed by atoms with Crippen LogP contribution in [0.2, 0.25) is 0 Å². The van der Waals surface area contributed by atoms with Crippen molar-refractivity contribution in [2.24, 2.45) is 0 Å². The summed E-state index contributed by atoms with van der Waals surface area (Å²) in [4.78, 5) is 54.7. The number of rotatable bonds is 11. The third kappa shape index (κ3) is 8.65. The second-order valence-corrected chi connectivity index (χ2v) is 12.3. The first-order valence-corrected chi connectivity index (χ1v) is 16.7. The Morgan fingerprint density at radius 2 is 0.820 bits per heavy atom. The van der Waals surface area contributed by atoms with Gasteiger partial charge in [0.15, 0.2) is 18.3 Å². The average Bonchev–Trinajstić information content (AvgIpc) is 3.17.